The summed E-state index contributed by atoms with van der Waals surface area (Å²) in [6.07, 6.45) is 2.10. The van der Waals surface area contributed by atoms with Gasteiger partial charge in [0, 0.05) is 30.2 Å². The fourth-order valence-electron chi connectivity index (χ4n) is 3.24. The SMILES string of the molecule is CCN(Cc1cccc(Oc2ccccc2)c1)c1c[nH]c2ccccc12. The van der Waals surface area contributed by atoms with Crippen LogP contribution in [0.4, 0.5) is 5.69 Å². The molecule has 4 rings (SSSR count). The first-order chi connectivity index (χ1) is 12.8. The zero-order chi connectivity index (χ0) is 17.8. The number of nitrogens with one attached hydrogen (secondary N) is 1. The molecule has 0 atom stereocenters. The van der Waals surface area contributed by atoms with Crippen molar-refractivity contribution < 1.29 is 4.74 Å². The van der Waals surface area contributed by atoms with Crippen molar-refractivity contribution in [3.8, 4) is 11.5 Å². The molecule has 0 aliphatic rings. The molecule has 1 N–H and O–H groups in total. The Morgan fingerprint density at radius 1 is 0.846 bits per heavy atom. The summed E-state index contributed by atoms with van der Waals surface area (Å²) in [6.45, 7) is 3.96. The number of para-hydroxylation sites is 2. The lowest BCUT2D eigenvalue weighted by molar-refractivity contribution is 0.482. The highest BCUT2D eigenvalue weighted by Gasteiger charge is 2.11. The molecule has 0 amide bonds. The lowest BCUT2D eigenvalue weighted by Gasteiger charge is -2.22. The first kappa shape index (κ1) is 16.3. The van der Waals surface area contributed by atoms with E-state index in [-0.39, 0.29) is 0 Å². The third kappa shape index (κ3) is 3.42. The Bertz CT molecular complexity index is 991. The van der Waals surface area contributed by atoms with Crippen molar-refractivity contribution in [3.63, 3.8) is 0 Å². The summed E-state index contributed by atoms with van der Waals surface area (Å²) >= 11 is 0. The summed E-state index contributed by atoms with van der Waals surface area (Å²) in [5.41, 5.74) is 3.63. The van der Waals surface area contributed by atoms with Crippen LogP contribution < -0.4 is 9.64 Å². The van der Waals surface area contributed by atoms with E-state index in [0.717, 1.165) is 24.6 Å². The summed E-state index contributed by atoms with van der Waals surface area (Å²) in [4.78, 5) is 5.74. The second-order valence-corrected chi connectivity index (χ2v) is 6.30. The molecular weight excluding hydrogens is 320 g/mol. The Morgan fingerprint density at radius 2 is 1.62 bits per heavy atom. The van der Waals surface area contributed by atoms with Gasteiger partial charge < -0.3 is 14.6 Å². The van der Waals surface area contributed by atoms with Gasteiger partial charge in [0.2, 0.25) is 0 Å². The normalized spacial score (nSPS) is 10.8. The Morgan fingerprint density at radius 3 is 2.46 bits per heavy atom. The van der Waals surface area contributed by atoms with E-state index in [4.69, 9.17) is 4.74 Å². The van der Waals surface area contributed by atoms with Crippen LogP contribution in [0, 0.1) is 0 Å². The number of benzene rings is 3. The first-order valence-corrected chi connectivity index (χ1v) is 8.96. The summed E-state index contributed by atoms with van der Waals surface area (Å²) in [6, 6.07) is 26.6. The summed E-state index contributed by atoms with van der Waals surface area (Å²) < 4.78 is 5.97. The first-order valence-electron chi connectivity index (χ1n) is 8.96. The third-order valence-corrected chi connectivity index (χ3v) is 4.54. The number of fused-ring (bicyclic) bond motifs is 1. The summed E-state index contributed by atoms with van der Waals surface area (Å²) in [5.74, 6) is 1.72. The number of H-pyrrole nitrogens is 1. The molecule has 0 fully saturated rings. The molecule has 0 saturated heterocycles. The summed E-state index contributed by atoms with van der Waals surface area (Å²) in [5, 5.41) is 1.26. The smallest absolute Gasteiger partial charge is 0.127 e. The van der Waals surface area contributed by atoms with E-state index in [1.807, 2.05) is 36.4 Å². The molecule has 1 heterocycles. The second-order valence-electron chi connectivity index (χ2n) is 6.30. The van der Waals surface area contributed by atoms with Crippen LogP contribution in [0.5, 0.6) is 11.5 Å². The van der Waals surface area contributed by atoms with Gasteiger partial charge in [0.25, 0.3) is 0 Å². The van der Waals surface area contributed by atoms with Gasteiger partial charge in [0.15, 0.2) is 0 Å². The number of hydrogen-bond acceptors (Lipinski definition) is 2. The molecule has 3 heteroatoms. The average molecular weight is 342 g/mol. The van der Waals surface area contributed by atoms with Gasteiger partial charge in [-0.05, 0) is 42.8 Å². The average Bonchev–Trinajstić information content (AvgIpc) is 3.11. The number of rotatable bonds is 6. The number of anilines is 1. The van der Waals surface area contributed by atoms with Crippen LogP contribution in [0.25, 0.3) is 10.9 Å². The minimum Gasteiger partial charge on any atom is -0.457 e. The lowest BCUT2D eigenvalue weighted by atomic mass is 10.1. The molecule has 3 aromatic carbocycles. The number of hydrogen-bond donors (Lipinski definition) is 1. The van der Waals surface area contributed by atoms with Crippen LogP contribution in [0.3, 0.4) is 0 Å². The molecule has 3 nitrogen and oxygen atoms in total. The van der Waals surface area contributed by atoms with Crippen molar-refractivity contribution in [2.75, 3.05) is 11.4 Å². The van der Waals surface area contributed by atoms with Crippen LogP contribution in [-0.2, 0) is 6.54 Å². The number of nitrogens with zero attached hydrogens (tertiary/aromatic N) is 1. The fourth-order valence-corrected chi connectivity index (χ4v) is 3.24. The highest BCUT2D eigenvalue weighted by Crippen LogP contribution is 2.28. The molecule has 0 bridgehead atoms. The zero-order valence-corrected chi connectivity index (χ0v) is 14.9. The van der Waals surface area contributed by atoms with E-state index in [9.17, 15) is 0 Å². The van der Waals surface area contributed by atoms with Gasteiger partial charge >= 0.3 is 0 Å². The van der Waals surface area contributed by atoms with E-state index in [1.54, 1.807) is 0 Å². The Hall–Kier alpha value is -3.20. The maximum atomic E-state index is 5.97. The molecule has 1 aromatic heterocycles. The topological polar surface area (TPSA) is 28.3 Å². The molecule has 0 radical (unpaired) electrons. The van der Waals surface area contributed by atoms with Crippen molar-refractivity contribution in [2.45, 2.75) is 13.5 Å². The quantitative estimate of drug-likeness (QED) is 0.466. The van der Waals surface area contributed by atoms with Crippen LogP contribution >= 0.6 is 0 Å². The predicted molar refractivity (Wildman–Crippen MR) is 108 cm³/mol. The third-order valence-electron chi connectivity index (χ3n) is 4.54. The molecule has 0 spiro atoms. The monoisotopic (exact) mass is 342 g/mol. The largest absolute Gasteiger partial charge is 0.457 e. The highest BCUT2D eigenvalue weighted by molar-refractivity contribution is 5.92. The van der Waals surface area contributed by atoms with E-state index in [2.05, 4.69) is 65.5 Å². The predicted octanol–water partition coefficient (Wildman–Crippen LogP) is 5.99. The van der Waals surface area contributed by atoms with E-state index >= 15 is 0 Å². The number of ether oxygens (including phenoxy) is 1. The molecule has 0 saturated carbocycles. The Labute approximate surface area is 153 Å². The summed E-state index contributed by atoms with van der Waals surface area (Å²) in [7, 11) is 0. The van der Waals surface area contributed by atoms with E-state index in [1.165, 1.54) is 22.2 Å². The van der Waals surface area contributed by atoms with Crippen molar-refractivity contribution in [1.82, 2.24) is 4.98 Å². The van der Waals surface area contributed by atoms with E-state index < -0.39 is 0 Å². The van der Waals surface area contributed by atoms with Crippen molar-refractivity contribution >= 4 is 16.6 Å². The maximum absolute atomic E-state index is 5.97. The maximum Gasteiger partial charge on any atom is 0.127 e. The van der Waals surface area contributed by atoms with E-state index in [0.29, 0.717) is 0 Å². The molecular formula is C23H22N2O. The van der Waals surface area contributed by atoms with Gasteiger partial charge in [-0.1, -0.05) is 48.5 Å². The van der Waals surface area contributed by atoms with Crippen LogP contribution in [0.15, 0.2) is 85.1 Å². The lowest BCUT2D eigenvalue weighted by Crippen LogP contribution is -2.21. The van der Waals surface area contributed by atoms with Gasteiger partial charge in [-0.3, -0.25) is 0 Å². The van der Waals surface area contributed by atoms with Crippen molar-refractivity contribution in [2.24, 2.45) is 0 Å². The fraction of sp³-hybridized carbons (Fsp3) is 0.130. The standard InChI is InChI=1S/C23H22N2O/c1-2-25(23-16-24-22-14-7-6-13-21(22)23)17-18-9-8-12-20(15-18)26-19-10-4-3-5-11-19/h3-16,24H,2,17H2,1H3. The molecule has 0 unspecified atom stereocenters. The minimum absolute atomic E-state index is 0.838. The van der Waals surface area contributed by atoms with Crippen LogP contribution in [0.1, 0.15) is 12.5 Å². The minimum atomic E-state index is 0.838. The zero-order valence-electron chi connectivity index (χ0n) is 14.9. The van der Waals surface area contributed by atoms with Gasteiger partial charge in [-0.15, -0.1) is 0 Å². The van der Waals surface area contributed by atoms with Gasteiger partial charge in [0.05, 0.1) is 5.69 Å². The molecule has 0 aliphatic heterocycles. The Kier molecular flexibility index (Phi) is 4.61. The molecule has 4 aromatic rings. The Balaban J connectivity index is 1.56. The molecule has 0 aliphatic carbocycles. The molecule has 26 heavy (non-hydrogen) atoms. The second kappa shape index (κ2) is 7.36. The van der Waals surface area contributed by atoms with Crippen molar-refractivity contribution in [3.05, 3.63) is 90.6 Å². The molecule has 130 valence electrons. The highest BCUT2D eigenvalue weighted by atomic mass is 16.5. The van der Waals surface area contributed by atoms with Crippen LogP contribution in [-0.4, -0.2) is 11.5 Å². The number of aromatic nitrogens is 1. The van der Waals surface area contributed by atoms with Gasteiger partial charge in [-0.2, -0.15) is 0 Å². The van der Waals surface area contributed by atoms with Crippen molar-refractivity contribution in [1.29, 1.82) is 0 Å². The van der Waals surface area contributed by atoms with Crippen LogP contribution in [0.2, 0.25) is 0 Å². The number of aromatic amines is 1. The van der Waals surface area contributed by atoms with Gasteiger partial charge in [-0.25, -0.2) is 0 Å². The van der Waals surface area contributed by atoms with Gasteiger partial charge in [0.1, 0.15) is 11.5 Å².